The molecule has 0 saturated heterocycles. The van der Waals surface area contributed by atoms with Crippen molar-refractivity contribution >= 4 is 17.8 Å². The minimum Gasteiger partial charge on any atom is -0.350 e. The predicted molar refractivity (Wildman–Crippen MR) is 81.0 cm³/mol. The molecule has 10 heteroatoms. The molecule has 23 heavy (non-hydrogen) atoms. The molecule has 0 saturated carbocycles. The second-order valence-corrected chi connectivity index (χ2v) is 5.94. The summed E-state index contributed by atoms with van der Waals surface area (Å²) < 4.78 is 36.5. The summed E-state index contributed by atoms with van der Waals surface area (Å²) in [6, 6.07) is 0. The summed E-state index contributed by atoms with van der Waals surface area (Å²) in [5.41, 5.74) is -0.383. The van der Waals surface area contributed by atoms with Gasteiger partial charge in [-0.25, -0.2) is 0 Å². The second-order valence-electron chi connectivity index (χ2n) is 5.94. The predicted octanol–water partition coefficient (Wildman–Crippen LogP) is 0.0868. The molecule has 0 spiro atoms. The molecule has 0 aromatic heterocycles. The maximum absolute atomic E-state index is 12.2. The zero-order valence-electron chi connectivity index (χ0n) is 14.0. The van der Waals surface area contributed by atoms with E-state index >= 15 is 0 Å². The van der Waals surface area contributed by atoms with E-state index in [4.69, 9.17) is 0 Å². The van der Waals surface area contributed by atoms with E-state index in [1.54, 1.807) is 0 Å². The minimum absolute atomic E-state index is 0.0798. The van der Waals surface area contributed by atoms with Gasteiger partial charge in [0.25, 0.3) is 0 Å². The number of hydrogen-bond acceptors (Lipinski definition) is 3. The number of nitrogens with zero attached hydrogens (tertiary/aromatic N) is 2. The fourth-order valence-electron chi connectivity index (χ4n) is 1.50. The van der Waals surface area contributed by atoms with Crippen molar-refractivity contribution in [3.63, 3.8) is 0 Å². The van der Waals surface area contributed by atoms with Gasteiger partial charge in [0.1, 0.15) is 6.54 Å². The molecule has 0 unspecified atom stereocenters. The minimum atomic E-state index is -4.45. The van der Waals surface area contributed by atoms with E-state index in [0.717, 1.165) is 7.05 Å². The number of amides is 2. The van der Waals surface area contributed by atoms with E-state index in [-0.39, 0.29) is 30.5 Å². The third-order valence-corrected chi connectivity index (χ3v) is 2.40. The number of alkyl halides is 3. The molecule has 0 aromatic rings. The molecule has 3 N–H and O–H groups in total. The van der Waals surface area contributed by atoms with Crippen molar-refractivity contribution in [2.24, 2.45) is 4.99 Å². The maximum Gasteiger partial charge on any atom is 0.406 e. The van der Waals surface area contributed by atoms with Crippen LogP contribution in [0.4, 0.5) is 13.2 Å². The summed E-state index contributed by atoms with van der Waals surface area (Å²) >= 11 is 0. The van der Waals surface area contributed by atoms with Gasteiger partial charge in [0, 0.05) is 19.6 Å². The Hall–Kier alpha value is -2.00. The van der Waals surface area contributed by atoms with Crippen molar-refractivity contribution in [1.82, 2.24) is 20.9 Å². The van der Waals surface area contributed by atoms with Crippen molar-refractivity contribution in [2.75, 3.05) is 33.7 Å². The molecular formula is C13H24F3N5O2. The van der Waals surface area contributed by atoms with Gasteiger partial charge in [0.05, 0.1) is 13.1 Å². The lowest BCUT2D eigenvalue weighted by atomic mass is 10.1. The first-order valence-corrected chi connectivity index (χ1v) is 6.90. The average Bonchev–Trinajstić information content (AvgIpc) is 2.34. The molecule has 0 aliphatic heterocycles. The highest BCUT2D eigenvalue weighted by Crippen LogP contribution is 2.15. The monoisotopic (exact) mass is 339 g/mol. The molecule has 7 nitrogen and oxygen atoms in total. The van der Waals surface area contributed by atoms with E-state index in [9.17, 15) is 22.8 Å². The Labute approximate surface area is 133 Å². The Morgan fingerprint density at radius 1 is 1.09 bits per heavy atom. The average molecular weight is 339 g/mol. The van der Waals surface area contributed by atoms with Crippen LogP contribution in [0.2, 0.25) is 0 Å². The number of nitrogens with one attached hydrogen (secondary N) is 3. The lowest BCUT2D eigenvalue weighted by molar-refractivity contribution is -0.157. The summed E-state index contributed by atoms with van der Waals surface area (Å²) in [7, 11) is 2.48. The third-order valence-electron chi connectivity index (χ3n) is 2.40. The zero-order chi connectivity index (χ0) is 18.3. The number of carbonyl (C=O) groups is 2. The van der Waals surface area contributed by atoms with E-state index < -0.39 is 18.6 Å². The molecule has 0 aromatic carbocycles. The first kappa shape index (κ1) is 21.0. The molecule has 0 atom stereocenters. The Bertz CT molecular complexity index is 444. The topological polar surface area (TPSA) is 85.8 Å². The van der Waals surface area contributed by atoms with Crippen molar-refractivity contribution in [3.8, 4) is 0 Å². The number of hydrogen-bond donors (Lipinski definition) is 3. The smallest absolute Gasteiger partial charge is 0.350 e. The lowest BCUT2D eigenvalue weighted by Gasteiger charge is -2.21. The van der Waals surface area contributed by atoms with E-state index in [1.165, 1.54) is 7.05 Å². The normalized spacial score (nSPS) is 12.6. The van der Waals surface area contributed by atoms with Crippen molar-refractivity contribution in [2.45, 2.75) is 32.5 Å². The molecule has 0 radical (unpaired) electrons. The molecule has 0 aliphatic rings. The molecule has 0 aliphatic carbocycles. The van der Waals surface area contributed by atoms with Crippen LogP contribution in [0.5, 0.6) is 0 Å². The number of likely N-dealkylation sites (N-methyl/N-ethyl adjacent to an activating group) is 1. The zero-order valence-corrected chi connectivity index (χ0v) is 14.0. The van der Waals surface area contributed by atoms with Crippen LogP contribution in [0.25, 0.3) is 0 Å². The van der Waals surface area contributed by atoms with Crippen LogP contribution in [-0.2, 0) is 9.59 Å². The van der Waals surface area contributed by atoms with Gasteiger partial charge in [-0.3, -0.25) is 14.6 Å². The number of carbonyl (C=O) groups excluding carboxylic acids is 2. The third kappa shape index (κ3) is 11.2. The molecule has 134 valence electrons. The first-order valence-electron chi connectivity index (χ1n) is 6.90. The summed E-state index contributed by atoms with van der Waals surface area (Å²) in [4.78, 5) is 27.5. The summed E-state index contributed by atoms with van der Waals surface area (Å²) in [5, 5.41) is 7.95. The van der Waals surface area contributed by atoms with Gasteiger partial charge in [0.15, 0.2) is 5.96 Å². The van der Waals surface area contributed by atoms with E-state index in [0.29, 0.717) is 4.90 Å². The van der Waals surface area contributed by atoms with Gasteiger partial charge in [-0.1, -0.05) is 0 Å². The highest BCUT2D eigenvalue weighted by molar-refractivity contribution is 5.89. The van der Waals surface area contributed by atoms with Crippen LogP contribution < -0.4 is 16.0 Å². The fraction of sp³-hybridized carbons (Fsp3) is 0.769. The van der Waals surface area contributed by atoms with Gasteiger partial charge in [0.2, 0.25) is 11.8 Å². The molecule has 0 rings (SSSR count). The van der Waals surface area contributed by atoms with Gasteiger partial charge >= 0.3 is 6.18 Å². The Balaban J connectivity index is 4.26. The molecule has 0 heterocycles. The first-order chi connectivity index (χ1) is 10.3. The Morgan fingerprint density at radius 2 is 1.61 bits per heavy atom. The Kier molecular flexibility index (Phi) is 7.84. The van der Waals surface area contributed by atoms with E-state index in [1.807, 2.05) is 20.8 Å². The van der Waals surface area contributed by atoms with Crippen LogP contribution in [0.1, 0.15) is 20.8 Å². The van der Waals surface area contributed by atoms with Crippen LogP contribution >= 0.6 is 0 Å². The molecule has 0 fully saturated rings. The summed E-state index contributed by atoms with van der Waals surface area (Å²) in [6.45, 7) is 3.71. The summed E-state index contributed by atoms with van der Waals surface area (Å²) in [5.74, 6) is -0.881. The van der Waals surface area contributed by atoms with Gasteiger partial charge in [-0.2, -0.15) is 13.2 Å². The van der Waals surface area contributed by atoms with Crippen molar-refractivity contribution < 1.29 is 22.8 Å². The van der Waals surface area contributed by atoms with Crippen LogP contribution in [0, 0.1) is 0 Å². The molecule has 2 amide bonds. The lowest BCUT2D eigenvalue weighted by Crippen LogP contribution is -2.50. The summed E-state index contributed by atoms with van der Waals surface area (Å²) in [6.07, 6.45) is -4.45. The highest BCUT2D eigenvalue weighted by Gasteiger charge is 2.31. The number of guanidine groups is 1. The van der Waals surface area contributed by atoms with Gasteiger partial charge in [-0.05, 0) is 20.8 Å². The van der Waals surface area contributed by atoms with Crippen molar-refractivity contribution in [1.29, 1.82) is 0 Å². The molecule has 0 bridgehead atoms. The fourth-order valence-corrected chi connectivity index (χ4v) is 1.50. The number of aliphatic imine (C=N–C) groups is 1. The Morgan fingerprint density at radius 3 is 2.04 bits per heavy atom. The SMILES string of the molecule is CN=C(NCC(=O)NC(C)(C)C)NCC(=O)N(C)CC(F)(F)F. The quantitative estimate of drug-likeness (QED) is 0.489. The standard InChI is InChI=1S/C13H24F3N5O2/c1-12(2,3)20-9(22)6-18-11(17-4)19-7-10(23)21(5)8-13(14,15)16/h6-8H2,1-5H3,(H,20,22)(H2,17,18,19). The second kappa shape index (κ2) is 8.59. The number of halogens is 3. The van der Waals surface area contributed by atoms with Crippen LogP contribution in [-0.4, -0.2) is 68.1 Å². The number of rotatable bonds is 5. The maximum atomic E-state index is 12.2. The van der Waals surface area contributed by atoms with E-state index in [2.05, 4.69) is 20.9 Å². The van der Waals surface area contributed by atoms with Crippen LogP contribution in [0.3, 0.4) is 0 Å². The van der Waals surface area contributed by atoms with Gasteiger partial charge < -0.3 is 20.9 Å². The van der Waals surface area contributed by atoms with Crippen LogP contribution in [0.15, 0.2) is 4.99 Å². The van der Waals surface area contributed by atoms with Gasteiger partial charge in [-0.15, -0.1) is 0 Å². The largest absolute Gasteiger partial charge is 0.406 e. The highest BCUT2D eigenvalue weighted by atomic mass is 19.4. The molecular weight excluding hydrogens is 315 g/mol. The van der Waals surface area contributed by atoms with Crippen molar-refractivity contribution in [3.05, 3.63) is 0 Å².